The van der Waals surface area contributed by atoms with E-state index < -0.39 is 0 Å². The van der Waals surface area contributed by atoms with Crippen LogP contribution in [0.25, 0.3) is 0 Å². The summed E-state index contributed by atoms with van der Waals surface area (Å²) in [6, 6.07) is 0. The molecule has 2 N–H and O–H groups in total. The van der Waals surface area contributed by atoms with Gasteiger partial charge < -0.3 is 10.2 Å². The van der Waals surface area contributed by atoms with Crippen molar-refractivity contribution in [2.45, 2.75) is 0 Å². The van der Waals surface area contributed by atoms with E-state index in [2.05, 4.69) is 9.78 Å². The Hall–Kier alpha value is 3.11. The summed E-state index contributed by atoms with van der Waals surface area (Å²) >= 11 is 0. The molecule has 0 aliphatic rings. The van der Waals surface area contributed by atoms with E-state index in [1.165, 1.54) is 0 Å². The third kappa shape index (κ3) is 17.3. The van der Waals surface area contributed by atoms with Crippen molar-refractivity contribution in [1.29, 1.82) is 0 Å². The fraction of sp³-hybridized carbons (Fsp3) is 1.00. The zero-order chi connectivity index (χ0) is 6.24. The van der Waals surface area contributed by atoms with Crippen LogP contribution in [0.3, 0.4) is 0 Å². The zero-order valence-corrected chi connectivity index (χ0v) is 4.54. The van der Waals surface area contributed by atoms with E-state index in [1.807, 2.05) is 0 Å². The van der Waals surface area contributed by atoms with Crippen molar-refractivity contribution in [1.82, 2.24) is 0 Å². The van der Waals surface area contributed by atoms with Crippen molar-refractivity contribution in [2.75, 3.05) is 26.4 Å². The van der Waals surface area contributed by atoms with Gasteiger partial charge in [-0.2, -0.15) is 0 Å². The predicted molar refractivity (Wildman–Crippen MR) is 40.4 cm³/mol. The number of aliphatic hydroxyl groups is 2. The van der Waals surface area contributed by atoms with Gasteiger partial charge in [0.25, 0.3) is 0 Å². The minimum absolute atomic E-state index is 0. The first-order valence-electron chi connectivity index (χ1n) is 2.38. The molecule has 0 fully saturated rings. The molecule has 0 radical (unpaired) electrons. The van der Waals surface area contributed by atoms with E-state index in [0.717, 1.165) is 0 Å². The summed E-state index contributed by atoms with van der Waals surface area (Å²) in [5, 5.41) is 16.2. The van der Waals surface area contributed by atoms with Gasteiger partial charge >= 0.3 is 103 Å². The monoisotopic (exact) mass is 202 g/mol. The third-order valence-electron chi connectivity index (χ3n) is 0.433. The molecule has 0 aliphatic carbocycles. The summed E-state index contributed by atoms with van der Waals surface area (Å²) < 4.78 is 0. The Bertz CT molecular complexity index is 40.2. The molecule has 0 aromatic heterocycles. The first-order chi connectivity index (χ1) is 3.91. The van der Waals surface area contributed by atoms with Gasteiger partial charge in [-0.1, -0.05) is 0 Å². The molecule has 54 valence electrons. The predicted octanol–water partition coefficient (Wildman–Crippen LogP) is -2.38. The fourth-order valence-corrected chi connectivity index (χ4v) is 0.192. The van der Waals surface area contributed by atoms with Crippen LogP contribution in [-0.2, 0) is 9.78 Å². The first-order valence-corrected chi connectivity index (χ1v) is 2.38. The summed E-state index contributed by atoms with van der Waals surface area (Å²) in [4.78, 5) is 8.63. The number of hydrogen-bond donors (Lipinski definition) is 2. The summed E-state index contributed by atoms with van der Waals surface area (Å²) in [6.45, 7) is 0.177. The van der Waals surface area contributed by atoms with Gasteiger partial charge in [-0.3, -0.25) is 0 Å². The maximum absolute atomic E-state index is 8.10. The Kier molecular flexibility index (Phi) is 33.9. The van der Waals surface area contributed by atoms with Crippen molar-refractivity contribution in [3.63, 3.8) is 0 Å². The Morgan fingerprint density at radius 1 is 0.800 bits per heavy atom. The number of aliphatic hydroxyl groups excluding tert-OH is 2. The summed E-state index contributed by atoms with van der Waals surface area (Å²) in [6.07, 6.45) is 0. The molecule has 6 heteroatoms. The molecular formula is C4H12K2O4. The fourth-order valence-electron chi connectivity index (χ4n) is 0.192. The Morgan fingerprint density at radius 2 is 1.10 bits per heavy atom. The molecular weight excluding hydrogens is 190 g/mol. The Labute approximate surface area is 145 Å². The Balaban J connectivity index is -0.000000245. The standard InChI is InChI=1S/C4H10O4.2K.2H/c5-1-3-7-8-4-2-6;;;;/h5-6H,1-4H2;;;;. The second kappa shape index (κ2) is 18.0. The first kappa shape index (κ1) is 18.8. The molecule has 0 rings (SSSR count). The van der Waals surface area contributed by atoms with Crippen LogP contribution < -0.4 is 0 Å². The zero-order valence-electron chi connectivity index (χ0n) is 4.54. The molecule has 0 aromatic rings. The molecule has 0 unspecified atom stereocenters. The van der Waals surface area contributed by atoms with Gasteiger partial charge in [0.1, 0.15) is 13.2 Å². The van der Waals surface area contributed by atoms with E-state index in [4.69, 9.17) is 10.2 Å². The van der Waals surface area contributed by atoms with Crippen molar-refractivity contribution in [3.05, 3.63) is 0 Å². The molecule has 10 heavy (non-hydrogen) atoms. The van der Waals surface area contributed by atoms with Gasteiger partial charge in [0.05, 0.1) is 13.2 Å². The van der Waals surface area contributed by atoms with E-state index in [0.29, 0.717) is 0 Å². The second-order valence-electron chi connectivity index (χ2n) is 1.09. The van der Waals surface area contributed by atoms with Crippen LogP contribution in [0.1, 0.15) is 0 Å². The quantitative estimate of drug-likeness (QED) is 0.226. The van der Waals surface area contributed by atoms with Crippen molar-refractivity contribution in [3.8, 4) is 0 Å². The van der Waals surface area contributed by atoms with Gasteiger partial charge in [-0.15, -0.1) is 0 Å². The number of rotatable bonds is 5. The van der Waals surface area contributed by atoms with E-state index in [1.54, 1.807) is 0 Å². The van der Waals surface area contributed by atoms with Crippen LogP contribution in [0.5, 0.6) is 0 Å². The van der Waals surface area contributed by atoms with Crippen LogP contribution in [0.2, 0.25) is 0 Å². The molecule has 0 amide bonds. The molecule has 0 spiro atoms. The normalized spacial score (nSPS) is 7.80. The SMILES string of the molecule is OCCOOCCO.[KH].[KH]. The van der Waals surface area contributed by atoms with Gasteiger partial charge in [0.15, 0.2) is 0 Å². The van der Waals surface area contributed by atoms with Gasteiger partial charge in [0, 0.05) is 0 Å². The molecule has 0 bridgehead atoms. The van der Waals surface area contributed by atoms with Crippen LogP contribution >= 0.6 is 0 Å². The molecule has 0 saturated heterocycles. The van der Waals surface area contributed by atoms with E-state index >= 15 is 0 Å². The summed E-state index contributed by atoms with van der Waals surface area (Å²) in [5.74, 6) is 0. The van der Waals surface area contributed by atoms with E-state index in [9.17, 15) is 0 Å². The van der Waals surface area contributed by atoms with Gasteiger partial charge in [-0.05, 0) is 0 Å². The molecule has 0 atom stereocenters. The Morgan fingerprint density at radius 3 is 1.30 bits per heavy atom. The maximum atomic E-state index is 8.10. The van der Waals surface area contributed by atoms with Gasteiger partial charge in [-0.25, -0.2) is 9.78 Å². The molecule has 0 saturated carbocycles. The molecule has 0 aromatic carbocycles. The average molecular weight is 202 g/mol. The van der Waals surface area contributed by atoms with Crippen molar-refractivity contribution < 1.29 is 20.0 Å². The van der Waals surface area contributed by atoms with Crippen LogP contribution in [0, 0.1) is 0 Å². The van der Waals surface area contributed by atoms with Crippen LogP contribution in [0.15, 0.2) is 0 Å². The number of hydrogen-bond acceptors (Lipinski definition) is 4. The molecule has 4 nitrogen and oxygen atoms in total. The van der Waals surface area contributed by atoms with Crippen molar-refractivity contribution in [2.24, 2.45) is 0 Å². The van der Waals surface area contributed by atoms with Crippen LogP contribution in [0.4, 0.5) is 0 Å². The third-order valence-corrected chi connectivity index (χ3v) is 0.433. The van der Waals surface area contributed by atoms with Crippen molar-refractivity contribution >= 4 is 103 Å². The summed E-state index contributed by atoms with van der Waals surface area (Å²) in [5.41, 5.74) is 0. The topological polar surface area (TPSA) is 58.9 Å². The van der Waals surface area contributed by atoms with Gasteiger partial charge in [0.2, 0.25) is 0 Å². The summed E-state index contributed by atoms with van der Waals surface area (Å²) in [7, 11) is 0. The van der Waals surface area contributed by atoms with Crippen LogP contribution in [-0.4, -0.2) is 139 Å². The second-order valence-corrected chi connectivity index (χ2v) is 1.09. The average Bonchev–Trinajstić information content (AvgIpc) is 1.81. The minimum atomic E-state index is -0.0641. The molecule has 0 heterocycles. The molecule has 0 aliphatic heterocycles. The van der Waals surface area contributed by atoms with E-state index in [-0.39, 0.29) is 129 Å².